The molecule has 6 nitrogen and oxygen atoms in total. The predicted octanol–water partition coefficient (Wildman–Crippen LogP) is 1.91. The summed E-state index contributed by atoms with van der Waals surface area (Å²) in [4.78, 5) is 12.6. The highest BCUT2D eigenvalue weighted by Gasteiger charge is 2.09. The summed E-state index contributed by atoms with van der Waals surface area (Å²) < 4.78 is 2.04. The number of hydrogen-bond acceptors (Lipinski definition) is 5. The Bertz CT molecular complexity index is 508. The quantitative estimate of drug-likeness (QED) is 0.830. The van der Waals surface area contributed by atoms with E-state index in [4.69, 9.17) is 0 Å². The van der Waals surface area contributed by atoms with Gasteiger partial charge in [-0.2, -0.15) is 0 Å². The minimum atomic E-state index is 0.261. The molecule has 1 atom stereocenters. The van der Waals surface area contributed by atoms with E-state index < -0.39 is 0 Å². The highest BCUT2D eigenvalue weighted by atomic mass is 15.1. The molecule has 0 bridgehead atoms. The number of nitrogens with zero attached hydrogens (tertiary/aromatic N) is 4. The van der Waals surface area contributed by atoms with Crippen molar-refractivity contribution in [1.29, 1.82) is 0 Å². The Hall–Kier alpha value is -2.11. The lowest BCUT2D eigenvalue weighted by atomic mass is 10.2. The third kappa shape index (κ3) is 3.43. The normalized spacial score (nSPS) is 12.2. The van der Waals surface area contributed by atoms with Crippen molar-refractivity contribution in [2.24, 2.45) is 0 Å². The van der Waals surface area contributed by atoms with Crippen molar-refractivity contribution in [3.05, 3.63) is 30.6 Å². The fraction of sp³-hybridized carbons (Fsp3) is 0.462. The van der Waals surface area contributed by atoms with Gasteiger partial charge < -0.3 is 15.2 Å². The Labute approximate surface area is 113 Å². The van der Waals surface area contributed by atoms with Crippen LogP contribution in [-0.2, 0) is 6.54 Å². The second-order valence-corrected chi connectivity index (χ2v) is 4.53. The van der Waals surface area contributed by atoms with Crippen LogP contribution in [0.5, 0.6) is 0 Å². The van der Waals surface area contributed by atoms with Crippen molar-refractivity contribution < 1.29 is 0 Å². The fourth-order valence-electron chi connectivity index (χ4n) is 1.93. The maximum Gasteiger partial charge on any atom is 0.134 e. The topological polar surface area (TPSA) is 67.7 Å². The molecule has 0 radical (unpaired) electrons. The van der Waals surface area contributed by atoms with E-state index in [9.17, 15) is 0 Å². The first kappa shape index (κ1) is 13.3. The molecular formula is C13H20N6. The van der Waals surface area contributed by atoms with E-state index in [2.05, 4.69) is 39.4 Å². The molecule has 2 rings (SSSR count). The summed E-state index contributed by atoms with van der Waals surface area (Å²) in [7, 11) is 0. The van der Waals surface area contributed by atoms with Crippen molar-refractivity contribution in [1.82, 2.24) is 19.5 Å². The summed E-state index contributed by atoms with van der Waals surface area (Å²) >= 11 is 0. The maximum atomic E-state index is 4.30. The molecule has 0 fully saturated rings. The van der Waals surface area contributed by atoms with Crippen LogP contribution in [0.15, 0.2) is 25.0 Å². The largest absolute Gasteiger partial charge is 0.370 e. The van der Waals surface area contributed by atoms with Gasteiger partial charge in [-0.25, -0.2) is 15.0 Å². The van der Waals surface area contributed by atoms with Gasteiger partial charge in [0.1, 0.15) is 18.0 Å². The summed E-state index contributed by atoms with van der Waals surface area (Å²) in [5, 5.41) is 6.64. The lowest BCUT2D eigenvalue weighted by Gasteiger charge is -2.17. The standard InChI is InChI=1S/C13H20N6/c1-4-15-12-11(3)13(17-8-16-12)18-10(2)7-19-6-5-14-9-19/h5-6,8-10H,4,7H2,1-3H3,(H2,15,16,17,18). The van der Waals surface area contributed by atoms with Crippen molar-refractivity contribution in [2.45, 2.75) is 33.4 Å². The molecule has 0 saturated heterocycles. The van der Waals surface area contributed by atoms with Gasteiger partial charge in [-0.05, 0) is 20.8 Å². The number of anilines is 2. The highest BCUT2D eigenvalue weighted by molar-refractivity contribution is 5.56. The van der Waals surface area contributed by atoms with Gasteiger partial charge >= 0.3 is 0 Å². The first-order valence-electron chi connectivity index (χ1n) is 6.48. The van der Waals surface area contributed by atoms with Crippen LogP contribution in [-0.4, -0.2) is 32.1 Å². The zero-order valence-electron chi connectivity index (χ0n) is 11.6. The summed E-state index contributed by atoms with van der Waals surface area (Å²) in [5.41, 5.74) is 1.04. The molecular weight excluding hydrogens is 240 g/mol. The number of nitrogens with one attached hydrogen (secondary N) is 2. The van der Waals surface area contributed by atoms with Crippen LogP contribution in [0.25, 0.3) is 0 Å². The van der Waals surface area contributed by atoms with Gasteiger partial charge in [0.2, 0.25) is 0 Å². The number of rotatable bonds is 6. The molecule has 0 aromatic carbocycles. The van der Waals surface area contributed by atoms with Crippen molar-refractivity contribution in [2.75, 3.05) is 17.2 Å². The first-order chi connectivity index (χ1) is 9.20. The number of aromatic nitrogens is 4. The Balaban J connectivity index is 2.04. The fourth-order valence-corrected chi connectivity index (χ4v) is 1.93. The molecule has 102 valence electrons. The average molecular weight is 260 g/mol. The monoisotopic (exact) mass is 260 g/mol. The van der Waals surface area contributed by atoms with Gasteiger partial charge in [0.05, 0.1) is 6.33 Å². The molecule has 2 aromatic rings. The summed E-state index contributed by atoms with van der Waals surface area (Å²) in [6.07, 6.45) is 7.13. The highest BCUT2D eigenvalue weighted by Crippen LogP contribution is 2.18. The smallest absolute Gasteiger partial charge is 0.134 e. The van der Waals surface area contributed by atoms with E-state index in [1.165, 1.54) is 0 Å². The average Bonchev–Trinajstić information content (AvgIpc) is 2.87. The molecule has 1 unspecified atom stereocenters. The van der Waals surface area contributed by atoms with Crippen LogP contribution in [0, 0.1) is 6.92 Å². The van der Waals surface area contributed by atoms with E-state index >= 15 is 0 Å². The summed E-state index contributed by atoms with van der Waals surface area (Å²) in [6.45, 7) is 7.89. The van der Waals surface area contributed by atoms with Gasteiger partial charge in [-0.1, -0.05) is 0 Å². The molecule has 2 heterocycles. The second-order valence-electron chi connectivity index (χ2n) is 4.53. The van der Waals surface area contributed by atoms with E-state index in [1.54, 1.807) is 12.5 Å². The SMILES string of the molecule is CCNc1ncnc(NC(C)Cn2ccnc2)c1C. The molecule has 0 aliphatic carbocycles. The second kappa shape index (κ2) is 6.17. The minimum Gasteiger partial charge on any atom is -0.370 e. The minimum absolute atomic E-state index is 0.261. The lowest BCUT2D eigenvalue weighted by Crippen LogP contribution is -2.22. The van der Waals surface area contributed by atoms with Crippen molar-refractivity contribution in [3.63, 3.8) is 0 Å². The lowest BCUT2D eigenvalue weighted by molar-refractivity contribution is 0.616. The molecule has 6 heteroatoms. The van der Waals surface area contributed by atoms with E-state index in [1.807, 2.05) is 24.0 Å². The van der Waals surface area contributed by atoms with Crippen molar-refractivity contribution in [3.8, 4) is 0 Å². The molecule has 19 heavy (non-hydrogen) atoms. The van der Waals surface area contributed by atoms with Crippen LogP contribution < -0.4 is 10.6 Å². The first-order valence-corrected chi connectivity index (χ1v) is 6.48. The van der Waals surface area contributed by atoms with Crippen LogP contribution in [0.3, 0.4) is 0 Å². The molecule has 0 aliphatic heterocycles. The molecule has 2 N–H and O–H groups in total. The Morgan fingerprint density at radius 3 is 2.79 bits per heavy atom. The van der Waals surface area contributed by atoms with Gasteiger partial charge in [0.15, 0.2) is 0 Å². The number of hydrogen-bond donors (Lipinski definition) is 2. The molecule has 2 aromatic heterocycles. The van der Waals surface area contributed by atoms with Gasteiger partial charge in [-0.3, -0.25) is 0 Å². The van der Waals surface area contributed by atoms with Gasteiger partial charge in [0.25, 0.3) is 0 Å². The van der Waals surface area contributed by atoms with E-state index in [0.29, 0.717) is 0 Å². The van der Waals surface area contributed by atoms with Crippen LogP contribution in [0.1, 0.15) is 19.4 Å². The maximum absolute atomic E-state index is 4.30. The van der Waals surface area contributed by atoms with Crippen LogP contribution in [0.4, 0.5) is 11.6 Å². The zero-order valence-corrected chi connectivity index (χ0v) is 11.6. The van der Waals surface area contributed by atoms with Crippen molar-refractivity contribution >= 4 is 11.6 Å². The van der Waals surface area contributed by atoms with E-state index in [0.717, 1.165) is 30.3 Å². The zero-order chi connectivity index (χ0) is 13.7. The van der Waals surface area contributed by atoms with Crippen LogP contribution >= 0.6 is 0 Å². The van der Waals surface area contributed by atoms with Gasteiger partial charge in [0, 0.05) is 37.1 Å². The molecule has 0 amide bonds. The Morgan fingerprint density at radius 2 is 2.11 bits per heavy atom. The Morgan fingerprint density at radius 1 is 1.32 bits per heavy atom. The Kier molecular flexibility index (Phi) is 4.33. The van der Waals surface area contributed by atoms with E-state index in [-0.39, 0.29) is 6.04 Å². The molecule has 0 spiro atoms. The molecule has 0 aliphatic rings. The molecule has 0 saturated carbocycles. The van der Waals surface area contributed by atoms with Gasteiger partial charge in [-0.15, -0.1) is 0 Å². The summed E-state index contributed by atoms with van der Waals surface area (Å²) in [6, 6.07) is 0.261. The number of imidazole rings is 1. The predicted molar refractivity (Wildman–Crippen MR) is 76.2 cm³/mol. The third-order valence-corrected chi connectivity index (χ3v) is 2.86. The summed E-state index contributed by atoms with van der Waals surface area (Å²) in [5.74, 6) is 1.76. The third-order valence-electron chi connectivity index (χ3n) is 2.86. The van der Waals surface area contributed by atoms with Crippen LogP contribution in [0.2, 0.25) is 0 Å².